The Morgan fingerprint density at radius 1 is 0.386 bits per heavy atom. The van der Waals surface area contributed by atoms with Crippen molar-refractivity contribution in [3.8, 4) is 0 Å². The van der Waals surface area contributed by atoms with Crippen LogP contribution < -0.4 is 0 Å². The van der Waals surface area contributed by atoms with Gasteiger partial charge in [-0.1, -0.05) is 71.8 Å². The first-order chi connectivity index (χ1) is 21.5. The van der Waals surface area contributed by atoms with Crippen molar-refractivity contribution < 1.29 is 0 Å². The summed E-state index contributed by atoms with van der Waals surface area (Å²) in [5, 5.41) is 3.92. The van der Waals surface area contributed by atoms with Crippen molar-refractivity contribution in [2.45, 2.75) is 13.8 Å². The van der Waals surface area contributed by atoms with E-state index in [4.69, 9.17) is 19.9 Å². The first-order valence-electron chi connectivity index (χ1n) is 14.1. The van der Waals surface area contributed by atoms with Crippen molar-refractivity contribution in [2.75, 3.05) is 0 Å². The van der Waals surface area contributed by atoms with Crippen LogP contribution in [0.4, 0.5) is 0 Å². The fourth-order valence-corrected chi connectivity index (χ4v) is 8.43. The van der Waals surface area contributed by atoms with Gasteiger partial charge in [0.15, 0.2) is 0 Å². The average Bonchev–Trinajstić information content (AvgIpc) is 3.80. The van der Waals surface area contributed by atoms with E-state index in [0.717, 1.165) is 60.9 Å². The highest BCUT2D eigenvalue weighted by molar-refractivity contribution is 7.21. The predicted molar refractivity (Wildman–Crippen MR) is 195 cm³/mol. The number of benzene rings is 4. The molecular formula is C36H24N4S4. The Bertz CT molecular complexity index is 2130. The number of thiazole rings is 4. The van der Waals surface area contributed by atoms with Crippen molar-refractivity contribution in [3.63, 3.8) is 0 Å². The van der Waals surface area contributed by atoms with E-state index in [1.54, 1.807) is 45.3 Å². The molecule has 0 aliphatic heterocycles. The molecule has 0 radical (unpaired) electrons. The molecule has 0 N–H and O–H groups in total. The second-order valence-corrected chi connectivity index (χ2v) is 14.9. The van der Waals surface area contributed by atoms with E-state index >= 15 is 0 Å². The van der Waals surface area contributed by atoms with E-state index < -0.39 is 0 Å². The summed E-state index contributed by atoms with van der Waals surface area (Å²) < 4.78 is 4.57. The lowest BCUT2D eigenvalue weighted by Crippen LogP contribution is -1.74. The Morgan fingerprint density at radius 3 is 0.955 bits per heavy atom. The van der Waals surface area contributed by atoms with Crippen LogP contribution in [0.1, 0.15) is 42.3 Å². The summed E-state index contributed by atoms with van der Waals surface area (Å²) in [6.45, 7) is 4.20. The molecule has 4 heterocycles. The fraction of sp³-hybridized carbons (Fsp3) is 0.0556. The Labute approximate surface area is 270 Å². The fourth-order valence-electron chi connectivity index (χ4n) is 4.89. The van der Waals surface area contributed by atoms with Crippen LogP contribution in [0.25, 0.3) is 77.3 Å². The van der Waals surface area contributed by atoms with Crippen molar-refractivity contribution in [3.05, 3.63) is 115 Å². The molecule has 212 valence electrons. The summed E-state index contributed by atoms with van der Waals surface area (Å²) in [5.41, 5.74) is 8.91. The molecule has 8 heteroatoms. The van der Waals surface area contributed by atoms with E-state index in [2.05, 4.69) is 123 Å². The van der Waals surface area contributed by atoms with Gasteiger partial charge < -0.3 is 0 Å². The van der Waals surface area contributed by atoms with Crippen molar-refractivity contribution in [2.24, 2.45) is 0 Å². The van der Waals surface area contributed by atoms with Crippen molar-refractivity contribution in [1.29, 1.82) is 0 Å². The third-order valence-electron chi connectivity index (χ3n) is 7.22. The van der Waals surface area contributed by atoms with Crippen LogP contribution in [0.15, 0.2) is 72.8 Å². The van der Waals surface area contributed by atoms with E-state index in [1.165, 1.54) is 22.3 Å². The number of rotatable bonds is 6. The SMILES string of the molecule is Cc1ccc(/C=C/c2nc3cc4sc(/C=C/c5nc6cc7sc(/C=C/c8ccc(C)cc8)nc7cc6s5)nc4cc3s2)cc1. The molecule has 0 spiro atoms. The third kappa shape index (κ3) is 5.65. The summed E-state index contributed by atoms with van der Waals surface area (Å²) in [4.78, 5) is 19.5. The number of fused-ring (bicyclic) bond motifs is 4. The maximum Gasteiger partial charge on any atom is 0.117 e. The zero-order valence-corrected chi connectivity index (χ0v) is 27.1. The molecular weight excluding hydrogens is 617 g/mol. The maximum absolute atomic E-state index is 4.89. The molecule has 8 aromatic rings. The molecule has 4 nitrogen and oxygen atoms in total. The average molecular weight is 641 g/mol. The topological polar surface area (TPSA) is 51.6 Å². The minimum absolute atomic E-state index is 0.962. The van der Waals surface area contributed by atoms with Crippen LogP contribution in [0.5, 0.6) is 0 Å². The number of hydrogen-bond donors (Lipinski definition) is 0. The summed E-state index contributed by atoms with van der Waals surface area (Å²) in [5.74, 6) is 0. The van der Waals surface area contributed by atoms with Crippen molar-refractivity contribution >= 4 is 123 Å². The predicted octanol–water partition coefficient (Wildman–Crippen LogP) is 11.3. The maximum atomic E-state index is 4.89. The molecule has 0 aliphatic carbocycles. The minimum Gasteiger partial charge on any atom is -0.237 e. The molecule has 8 rings (SSSR count). The lowest BCUT2D eigenvalue weighted by molar-refractivity contribution is 1.45. The van der Waals surface area contributed by atoms with Crippen LogP contribution in [0.2, 0.25) is 0 Å². The Hall–Kier alpha value is -4.34. The molecule has 0 saturated heterocycles. The summed E-state index contributed by atoms with van der Waals surface area (Å²) >= 11 is 6.74. The van der Waals surface area contributed by atoms with E-state index in [1.807, 2.05) is 0 Å². The number of aromatic nitrogens is 4. The van der Waals surface area contributed by atoms with Crippen LogP contribution >= 0.6 is 45.3 Å². The largest absolute Gasteiger partial charge is 0.237 e. The molecule has 44 heavy (non-hydrogen) atoms. The van der Waals surface area contributed by atoms with E-state index in [9.17, 15) is 0 Å². The van der Waals surface area contributed by atoms with Crippen LogP contribution in [0.3, 0.4) is 0 Å². The first-order valence-corrected chi connectivity index (χ1v) is 17.4. The molecule has 0 unspecified atom stereocenters. The summed E-state index contributed by atoms with van der Waals surface area (Å²) in [6, 6.07) is 25.6. The Morgan fingerprint density at radius 2 is 0.659 bits per heavy atom. The Kier molecular flexibility index (Phi) is 6.99. The van der Waals surface area contributed by atoms with E-state index in [0.29, 0.717) is 0 Å². The standard InChI is InChI=1S/C36H24N4S4/c1-21-3-7-23(8-4-21)11-13-33-37-25-17-31-27(19-29(25)41-33)39-35(43-31)15-16-36-40-28-20-30-26(18-32(28)44-36)38-34(42-30)14-12-24-9-5-22(2)6-10-24/h3-20H,1-2H3/b13-11+,14-12+,16-15+. The lowest BCUT2D eigenvalue weighted by atomic mass is 10.1. The first kappa shape index (κ1) is 27.2. The molecule has 0 saturated carbocycles. The summed E-state index contributed by atoms with van der Waals surface area (Å²) in [6.07, 6.45) is 12.5. The van der Waals surface area contributed by atoms with Gasteiger partial charge in [-0.05, 0) is 73.5 Å². The van der Waals surface area contributed by atoms with Gasteiger partial charge in [0.2, 0.25) is 0 Å². The van der Waals surface area contributed by atoms with Gasteiger partial charge in [-0.15, -0.1) is 45.3 Å². The van der Waals surface area contributed by atoms with Gasteiger partial charge in [-0.2, -0.15) is 0 Å². The van der Waals surface area contributed by atoms with Gasteiger partial charge in [0.1, 0.15) is 20.0 Å². The molecule has 0 aliphatic rings. The molecule has 4 aromatic carbocycles. The highest BCUT2D eigenvalue weighted by Gasteiger charge is 2.10. The van der Waals surface area contributed by atoms with Gasteiger partial charge >= 0.3 is 0 Å². The smallest absolute Gasteiger partial charge is 0.117 e. The van der Waals surface area contributed by atoms with Crippen LogP contribution in [-0.4, -0.2) is 19.9 Å². The second kappa shape index (κ2) is 11.3. The van der Waals surface area contributed by atoms with Crippen LogP contribution in [0, 0.1) is 13.8 Å². The van der Waals surface area contributed by atoms with Gasteiger partial charge in [0.05, 0.1) is 40.9 Å². The second-order valence-electron chi connectivity index (χ2n) is 10.6. The monoisotopic (exact) mass is 640 g/mol. The van der Waals surface area contributed by atoms with E-state index in [-0.39, 0.29) is 0 Å². The van der Waals surface area contributed by atoms with Gasteiger partial charge in [0.25, 0.3) is 0 Å². The van der Waals surface area contributed by atoms with Crippen LogP contribution in [-0.2, 0) is 0 Å². The molecule has 0 atom stereocenters. The van der Waals surface area contributed by atoms with Gasteiger partial charge in [-0.3, -0.25) is 0 Å². The third-order valence-corrected chi connectivity index (χ3v) is 11.2. The molecule has 0 amide bonds. The highest BCUT2D eigenvalue weighted by Crippen LogP contribution is 2.34. The number of aryl methyl sites for hydroxylation is 2. The number of nitrogens with zero attached hydrogens (tertiary/aromatic N) is 4. The molecule has 4 aromatic heterocycles. The zero-order chi connectivity index (χ0) is 29.6. The molecule has 0 fully saturated rings. The molecule has 0 bridgehead atoms. The number of hydrogen-bond acceptors (Lipinski definition) is 8. The quantitative estimate of drug-likeness (QED) is 0.181. The summed E-state index contributed by atoms with van der Waals surface area (Å²) in [7, 11) is 0. The van der Waals surface area contributed by atoms with Gasteiger partial charge in [-0.25, -0.2) is 19.9 Å². The normalized spacial score (nSPS) is 12.5. The van der Waals surface area contributed by atoms with Crippen molar-refractivity contribution in [1.82, 2.24) is 19.9 Å². The highest BCUT2D eigenvalue weighted by atomic mass is 32.1. The Balaban J connectivity index is 0.999. The lowest BCUT2D eigenvalue weighted by Gasteiger charge is -1.93. The minimum atomic E-state index is 0.962. The van der Waals surface area contributed by atoms with Gasteiger partial charge in [0, 0.05) is 0 Å². The zero-order valence-electron chi connectivity index (χ0n) is 23.8.